The van der Waals surface area contributed by atoms with Crippen LogP contribution in [0.2, 0.25) is 0 Å². The third-order valence-corrected chi connectivity index (χ3v) is 8.60. The van der Waals surface area contributed by atoms with Crippen molar-refractivity contribution in [1.82, 2.24) is 19.6 Å². The van der Waals surface area contributed by atoms with E-state index in [0.717, 1.165) is 31.8 Å². The van der Waals surface area contributed by atoms with E-state index in [0.29, 0.717) is 40.8 Å². The van der Waals surface area contributed by atoms with Crippen molar-refractivity contribution in [2.45, 2.75) is 58.4 Å². The van der Waals surface area contributed by atoms with E-state index in [1.165, 1.54) is 19.3 Å². The highest BCUT2D eigenvalue weighted by atomic mass is 16.2. The maximum atomic E-state index is 13.1. The van der Waals surface area contributed by atoms with Gasteiger partial charge in [0.25, 0.3) is 5.91 Å². The standard InChI is InChI=1S/C25H35N5O2/c1-25(2)17-9-8-16(20(25)11-17)14-27-24(32)21-6-3-7-22-28-18(15-30(21)22)12-23(31)29-10-4-5-19(29)13-26/h3,6-7,15-17,19-20H,4-5,8-14,26H2,1-2H3,(H,27,32)/t16-,17+,19+,20-/m0/s1. The molecule has 6 rings (SSSR count). The highest BCUT2D eigenvalue weighted by molar-refractivity contribution is 5.93. The van der Waals surface area contributed by atoms with Crippen LogP contribution in [0.1, 0.15) is 62.1 Å². The summed E-state index contributed by atoms with van der Waals surface area (Å²) < 4.78 is 1.81. The lowest BCUT2D eigenvalue weighted by molar-refractivity contribution is -0.131. The number of nitrogens with two attached hydrogens (primary N) is 1. The van der Waals surface area contributed by atoms with Gasteiger partial charge in [-0.1, -0.05) is 19.9 Å². The third kappa shape index (κ3) is 3.60. The molecule has 4 fully saturated rings. The second-order valence-corrected chi connectivity index (χ2v) is 10.6. The second-order valence-electron chi connectivity index (χ2n) is 10.6. The summed E-state index contributed by atoms with van der Waals surface area (Å²) in [4.78, 5) is 32.3. The number of hydrogen-bond donors (Lipinski definition) is 2. The Morgan fingerprint density at radius 1 is 1.25 bits per heavy atom. The number of nitrogens with zero attached hydrogens (tertiary/aromatic N) is 3. The van der Waals surface area contributed by atoms with Crippen molar-refractivity contribution < 1.29 is 9.59 Å². The van der Waals surface area contributed by atoms with E-state index >= 15 is 0 Å². The molecule has 32 heavy (non-hydrogen) atoms. The second kappa shape index (κ2) is 8.18. The molecule has 3 saturated carbocycles. The van der Waals surface area contributed by atoms with Crippen LogP contribution in [-0.4, -0.2) is 51.8 Å². The van der Waals surface area contributed by atoms with Crippen LogP contribution >= 0.6 is 0 Å². The van der Waals surface area contributed by atoms with Gasteiger partial charge in [0.1, 0.15) is 11.3 Å². The first-order chi connectivity index (χ1) is 15.4. The summed E-state index contributed by atoms with van der Waals surface area (Å²) >= 11 is 0. The average molecular weight is 438 g/mol. The van der Waals surface area contributed by atoms with Gasteiger partial charge in [-0.15, -0.1) is 0 Å². The van der Waals surface area contributed by atoms with Gasteiger partial charge in [-0.05, 0) is 67.4 Å². The topological polar surface area (TPSA) is 92.7 Å². The van der Waals surface area contributed by atoms with E-state index in [2.05, 4.69) is 24.1 Å². The Bertz CT molecular complexity index is 1030. The molecule has 3 aliphatic carbocycles. The SMILES string of the molecule is CC1(C)[C@@H]2CC[C@@H](CNC(=O)c3cccc4nc(CC(=O)N5CCC[C@@H]5CN)cn34)[C@@H]1C2. The van der Waals surface area contributed by atoms with Crippen LogP contribution in [-0.2, 0) is 11.2 Å². The lowest BCUT2D eigenvalue weighted by Gasteiger charge is -2.60. The minimum Gasteiger partial charge on any atom is -0.350 e. The summed E-state index contributed by atoms with van der Waals surface area (Å²) in [5, 5.41) is 3.19. The Kier molecular flexibility index (Phi) is 5.48. The van der Waals surface area contributed by atoms with Crippen molar-refractivity contribution in [3.63, 3.8) is 0 Å². The van der Waals surface area contributed by atoms with Gasteiger partial charge in [-0.3, -0.25) is 14.0 Å². The maximum Gasteiger partial charge on any atom is 0.268 e. The molecule has 4 aliphatic rings. The number of pyridine rings is 1. The monoisotopic (exact) mass is 437 g/mol. The predicted octanol–water partition coefficient (Wildman–Crippen LogP) is 2.63. The van der Waals surface area contributed by atoms with Crippen LogP contribution < -0.4 is 11.1 Å². The third-order valence-electron chi connectivity index (χ3n) is 8.60. The fourth-order valence-electron chi connectivity index (χ4n) is 6.52. The van der Waals surface area contributed by atoms with Crippen molar-refractivity contribution in [2.75, 3.05) is 19.6 Å². The minimum absolute atomic E-state index is 0.0612. The summed E-state index contributed by atoms with van der Waals surface area (Å²) in [7, 11) is 0. The largest absolute Gasteiger partial charge is 0.350 e. The molecule has 1 saturated heterocycles. The number of hydrogen-bond acceptors (Lipinski definition) is 4. The van der Waals surface area contributed by atoms with Gasteiger partial charge < -0.3 is 16.0 Å². The molecule has 0 unspecified atom stereocenters. The van der Waals surface area contributed by atoms with Gasteiger partial charge >= 0.3 is 0 Å². The predicted molar refractivity (Wildman–Crippen MR) is 123 cm³/mol. The number of nitrogens with one attached hydrogen (secondary N) is 1. The molecule has 2 bridgehead atoms. The van der Waals surface area contributed by atoms with Gasteiger partial charge in [0.2, 0.25) is 5.91 Å². The first kappa shape index (κ1) is 21.4. The highest BCUT2D eigenvalue weighted by Crippen LogP contribution is 2.61. The fraction of sp³-hybridized carbons (Fsp3) is 0.640. The van der Waals surface area contributed by atoms with E-state index in [1.54, 1.807) is 0 Å². The smallest absolute Gasteiger partial charge is 0.268 e. The molecule has 2 aromatic rings. The van der Waals surface area contributed by atoms with Crippen molar-refractivity contribution in [3.05, 3.63) is 35.8 Å². The zero-order chi connectivity index (χ0) is 22.5. The zero-order valence-electron chi connectivity index (χ0n) is 19.2. The number of rotatable bonds is 6. The molecule has 0 aromatic carbocycles. The van der Waals surface area contributed by atoms with E-state index in [9.17, 15) is 9.59 Å². The molecule has 3 N–H and O–H groups in total. The lowest BCUT2D eigenvalue weighted by atomic mass is 9.45. The van der Waals surface area contributed by atoms with Crippen molar-refractivity contribution >= 4 is 17.5 Å². The number of aromatic nitrogens is 2. The highest BCUT2D eigenvalue weighted by Gasteiger charge is 2.53. The number of imidazole rings is 1. The molecule has 1 aliphatic heterocycles. The van der Waals surface area contributed by atoms with Crippen molar-refractivity contribution in [1.29, 1.82) is 0 Å². The number of carbonyl (C=O) groups excluding carboxylic acids is 2. The van der Waals surface area contributed by atoms with Gasteiger partial charge in [0.05, 0.1) is 12.1 Å². The van der Waals surface area contributed by atoms with Crippen molar-refractivity contribution in [2.24, 2.45) is 28.9 Å². The first-order valence-corrected chi connectivity index (χ1v) is 12.1. The van der Waals surface area contributed by atoms with E-state index in [-0.39, 0.29) is 24.3 Å². The molecular formula is C25H35N5O2. The van der Waals surface area contributed by atoms with Crippen LogP contribution in [0.15, 0.2) is 24.4 Å². The Labute approximate surface area is 189 Å². The summed E-state index contributed by atoms with van der Waals surface area (Å²) in [5.74, 6) is 2.12. The van der Waals surface area contributed by atoms with E-state index < -0.39 is 0 Å². The van der Waals surface area contributed by atoms with Crippen LogP contribution in [0, 0.1) is 23.2 Å². The number of carbonyl (C=O) groups is 2. The zero-order valence-corrected chi connectivity index (χ0v) is 19.2. The van der Waals surface area contributed by atoms with E-state index in [1.807, 2.05) is 33.7 Å². The Morgan fingerprint density at radius 2 is 2.09 bits per heavy atom. The molecule has 3 heterocycles. The van der Waals surface area contributed by atoms with Gasteiger partial charge in [-0.25, -0.2) is 4.98 Å². The molecule has 0 spiro atoms. The molecule has 7 heteroatoms. The maximum absolute atomic E-state index is 13.1. The van der Waals surface area contributed by atoms with Gasteiger partial charge in [0, 0.05) is 31.9 Å². The minimum atomic E-state index is -0.0760. The summed E-state index contributed by atoms with van der Waals surface area (Å²) in [5.41, 5.74) is 8.18. The van der Waals surface area contributed by atoms with Crippen LogP contribution in [0.4, 0.5) is 0 Å². The molecule has 7 nitrogen and oxygen atoms in total. The van der Waals surface area contributed by atoms with E-state index in [4.69, 9.17) is 5.73 Å². The number of amides is 2. The first-order valence-electron chi connectivity index (χ1n) is 12.1. The van der Waals surface area contributed by atoms with Crippen LogP contribution in [0.5, 0.6) is 0 Å². The molecule has 0 radical (unpaired) electrons. The molecule has 172 valence electrons. The normalized spacial score (nSPS) is 28.5. The van der Waals surface area contributed by atoms with Crippen LogP contribution in [0.3, 0.4) is 0 Å². The summed E-state index contributed by atoms with van der Waals surface area (Å²) in [6.07, 6.45) is 7.83. The quantitative estimate of drug-likeness (QED) is 0.727. The molecular weight excluding hydrogens is 402 g/mol. The number of fused-ring (bicyclic) bond motifs is 3. The summed E-state index contributed by atoms with van der Waals surface area (Å²) in [6.45, 7) is 6.76. The Balaban J connectivity index is 1.27. The summed E-state index contributed by atoms with van der Waals surface area (Å²) in [6, 6.07) is 5.69. The Morgan fingerprint density at radius 3 is 2.84 bits per heavy atom. The van der Waals surface area contributed by atoms with Gasteiger partial charge in [0.15, 0.2) is 0 Å². The Hall–Kier alpha value is -2.41. The number of likely N-dealkylation sites (tertiary alicyclic amines) is 1. The van der Waals surface area contributed by atoms with Gasteiger partial charge in [-0.2, -0.15) is 0 Å². The van der Waals surface area contributed by atoms with Crippen LogP contribution in [0.25, 0.3) is 5.65 Å². The molecule has 2 amide bonds. The molecule has 2 aromatic heterocycles. The van der Waals surface area contributed by atoms with Crippen molar-refractivity contribution in [3.8, 4) is 0 Å². The fourth-order valence-corrected chi connectivity index (χ4v) is 6.52. The average Bonchev–Trinajstić information content (AvgIpc) is 3.43. The lowest BCUT2D eigenvalue weighted by Crippen LogP contribution is -2.54. The molecule has 4 atom stereocenters.